The first-order chi connectivity index (χ1) is 9.47. The van der Waals surface area contributed by atoms with Crippen molar-refractivity contribution in [2.45, 2.75) is 26.3 Å². The van der Waals surface area contributed by atoms with Gasteiger partial charge < -0.3 is 4.55 Å². The number of rotatable bonds is 4. The second-order valence-corrected chi connectivity index (χ2v) is 17.5. The summed E-state index contributed by atoms with van der Waals surface area (Å²) in [6, 6.07) is 0. The van der Waals surface area contributed by atoms with Gasteiger partial charge in [-0.25, -0.2) is 8.42 Å². The zero-order valence-corrected chi connectivity index (χ0v) is 14.9. The van der Waals surface area contributed by atoms with E-state index in [-0.39, 0.29) is 44.2 Å². The Balaban J connectivity index is 0.00000484. The Bertz CT molecular complexity index is 796. The fourth-order valence-electron chi connectivity index (χ4n) is 2.61. The molecular formula is C5H13AlCaO12S4. The second kappa shape index (κ2) is 7.21. The molecule has 1 fully saturated rings. The first-order valence-corrected chi connectivity index (χ1v) is 14.0. The van der Waals surface area contributed by atoms with E-state index in [4.69, 9.17) is 9.11 Å². The van der Waals surface area contributed by atoms with Crippen LogP contribution in [-0.4, -0.2) is 111 Å². The summed E-state index contributed by atoms with van der Waals surface area (Å²) in [5.41, 5.74) is 0. The van der Waals surface area contributed by atoms with Crippen molar-refractivity contribution in [2.75, 3.05) is 0 Å². The average Bonchev–Trinajstić information content (AvgIpc) is 2.22. The Labute approximate surface area is 166 Å². The molecule has 1 saturated heterocycles. The van der Waals surface area contributed by atoms with Crippen LogP contribution in [0.4, 0.5) is 0 Å². The van der Waals surface area contributed by atoms with Crippen molar-refractivity contribution >= 4 is 89.6 Å². The van der Waals surface area contributed by atoms with Crippen molar-refractivity contribution < 1.29 is 51.9 Å². The van der Waals surface area contributed by atoms with Crippen LogP contribution in [0.2, 0.25) is 5.28 Å². The van der Waals surface area contributed by atoms with E-state index in [2.05, 4.69) is 0 Å². The summed E-state index contributed by atoms with van der Waals surface area (Å²) in [5.74, 6) is 0. The van der Waals surface area contributed by atoms with Gasteiger partial charge in [-0.05, 0) is 6.42 Å². The predicted molar refractivity (Wildman–Crippen MR) is 81.1 cm³/mol. The van der Waals surface area contributed by atoms with E-state index >= 15 is 0 Å². The van der Waals surface area contributed by atoms with E-state index < -0.39 is 71.7 Å². The fraction of sp³-hybridized carbons (Fsp3) is 1.00. The molecule has 12 nitrogen and oxygen atoms in total. The molecule has 0 aliphatic carbocycles. The standard InChI is InChI=1S/C5H10O9S3.Al.Ca.HO3S.2H/c1-2-3-4(15(6,7)8)5(16(9,10)11)17(12,13)14;;;1-4(2)3;;/h4H,1-3H2,(H,6,7,8)(H,9,10,11)(H,12,13,14);;;(H,1,2,3);;. The van der Waals surface area contributed by atoms with Crippen LogP contribution in [-0.2, 0) is 38.8 Å². The molecule has 1 aliphatic heterocycles. The number of hydrogen-bond donors (Lipinski definition) is 4. The zero-order valence-electron chi connectivity index (χ0n) is 10.5. The molecular weight excluding hydrogens is 447 g/mol. The molecule has 23 heavy (non-hydrogen) atoms. The van der Waals surface area contributed by atoms with Crippen LogP contribution >= 0.6 is 0 Å². The molecule has 1 rings (SSSR count). The summed E-state index contributed by atoms with van der Waals surface area (Å²) in [4.78, 5) is 0. The van der Waals surface area contributed by atoms with Gasteiger partial charge in [0.2, 0.25) is 2.94 Å². The van der Waals surface area contributed by atoms with Crippen LogP contribution in [0.15, 0.2) is 0 Å². The van der Waals surface area contributed by atoms with Crippen molar-refractivity contribution in [3.05, 3.63) is 0 Å². The third kappa shape index (κ3) is 4.40. The molecule has 0 aromatic rings. The van der Waals surface area contributed by atoms with E-state index in [9.17, 15) is 42.8 Å². The summed E-state index contributed by atoms with van der Waals surface area (Å²) >= 11 is -4.66. The summed E-state index contributed by atoms with van der Waals surface area (Å²) in [6.45, 7) is 0. The van der Waals surface area contributed by atoms with Crippen molar-refractivity contribution in [2.24, 2.45) is 0 Å². The van der Waals surface area contributed by atoms with Gasteiger partial charge in [0.25, 0.3) is 30.4 Å². The molecule has 0 radical (unpaired) electrons. The third-order valence-corrected chi connectivity index (χ3v) is 20.0. The van der Waals surface area contributed by atoms with Crippen LogP contribution in [0, 0.1) is 0 Å². The SMILES string of the molecule is O=S(=O)(O)C1CC[CH2][Al]([S](=O)(=O)O)[C]1(S(=O)(=O)O)S(=O)(=O)O.[CaH2]. The molecule has 4 N–H and O–H groups in total. The van der Waals surface area contributed by atoms with Crippen LogP contribution in [0.5, 0.6) is 0 Å². The normalized spacial score (nSPS) is 23.1. The molecule has 0 saturated carbocycles. The molecule has 18 heteroatoms. The minimum absolute atomic E-state index is 0. The number of hydrogen-bond acceptors (Lipinski definition) is 8. The maximum absolute atomic E-state index is 11.6. The van der Waals surface area contributed by atoms with Crippen LogP contribution < -0.4 is 0 Å². The molecule has 0 bridgehead atoms. The quantitative estimate of drug-likeness (QED) is 0.244. The van der Waals surface area contributed by atoms with Gasteiger partial charge in [0, 0.05) is 0 Å². The molecule has 0 aromatic carbocycles. The molecule has 0 aromatic heterocycles. The van der Waals surface area contributed by atoms with E-state index in [1.807, 2.05) is 0 Å². The van der Waals surface area contributed by atoms with E-state index in [1.54, 1.807) is 0 Å². The van der Waals surface area contributed by atoms with Gasteiger partial charge >= 0.3 is 50.8 Å². The maximum atomic E-state index is 11.6. The Kier molecular flexibility index (Phi) is 7.66. The molecule has 0 amide bonds. The molecule has 1 atom stereocenters. The Morgan fingerprint density at radius 2 is 1.22 bits per heavy atom. The topological polar surface area (TPSA) is 217 Å². The van der Waals surface area contributed by atoms with Gasteiger partial charge in [0.1, 0.15) is 5.25 Å². The summed E-state index contributed by atoms with van der Waals surface area (Å²) in [7, 11) is -23.0. The van der Waals surface area contributed by atoms with Crippen LogP contribution in [0.3, 0.4) is 0 Å². The molecule has 1 aliphatic rings. The van der Waals surface area contributed by atoms with Gasteiger partial charge in [-0.15, -0.1) is 0 Å². The van der Waals surface area contributed by atoms with Crippen molar-refractivity contribution in [1.29, 1.82) is 0 Å². The Hall–Kier alpha value is 1.43. The van der Waals surface area contributed by atoms with Gasteiger partial charge in [0.05, 0.1) is 0 Å². The van der Waals surface area contributed by atoms with Gasteiger partial charge in [-0.3, -0.25) is 13.7 Å². The van der Waals surface area contributed by atoms with Gasteiger partial charge in [-0.2, -0.15) is 25.3 Å². The monoisotopic (exact) mass is 460 g/mol. The van der Waals surface area contributed by atoms with E-state index in [1.165, 1.54) is 0 Å². The first-order valence-electron chi connectivity index (χ1n) is 5.34. The molecule has 0 spiro atoms. The summed E-state index contributed by atoms with van der Waals surface area (Å²) in [5, 5.41) is -3.61. The Morgan fingerprint density at radius 3 is 1.48 bits per heavy atom. The average molecular weight is 460 g/mol. The predicted octanol–water partition coefficient (Wildman–Crippen LogP) is -2.99. The van der Waals surface area contributed by atoms with Crippen molar-refractivity contribution in [3.63, 3.8) is 0 Å². The summed E-state index contributed by atoms with van der Waals surface area (Å²) < 4.78 is 124. The van der Waals surface area contributed by atoms with Gasteiger partial charge in [-0.1, -0.05) is 11.7 Å². The van der Waals surface area contributed by atoms with Crippen LogP contribution in [0.25, 0.3) is 0 Å². The molecule has 1 heterocycles. The molecule has 1 unspecified atom stereocenters. The zero-order chi connectivity index (χ0) is 17.8. The first kappa shape index (κ1) is 24.4. The Morgan fingerprint density at radius 1 is 0.826 bits per heavy atom. The summed E-state index contributed by atoms with van der Waals surface area (Å²) in [6.07, 6.45) is -1.23. The third-order valence-electron chi connectivity index (χ3n) is 3.36. The van der Waals surface area contributed by atoms with Crippen molar-refractivity contribution in [1.82, 2.24) is 0 Å². The second-order valence-electron chi connectivity index (χ2n) is 4.61. The molecule has 134 valence electrons. The van der Waals surface area contributed by atoms with E-state index in [0.29, 0.717) is 0 Å². The van der Waals surface area contributed by atoms with Crippen molar-refractivity contribution in [3.8, 4) is 0 Å². The van der Waals surface area contributed by atoms with Crippen LogP contribution in [0.1, 0.15) is 12.8 Å². The van der Waals surface area contributed by atoms with Gasteiger partial charge in [0.15, 0.2) is 8.48 Å². The fourth-order valence-corrected chi connectivity index (χ4v) is 21.4. The minimum atomic E-state index is -6.06. The van der Waals surface area contributed by atoms with E-state index in [0.717, 1.165) is 0 Å².